The number of anilines is 1. The topological polar surface area (TPSA) is 85.3 Å². The Morgan fingerprint density at radius 3 is 2.79 bits per heavy atom. The minimum absolute atomic E-state index is 0.198. The Morgan fingerprint density at radius 1 is 1.07 bits per heavy atom. The quantitative estimate of drug-likeness (QED) is 0.475. The van der Waals surface area contributed by atoms with Gasteiger partial charge < -0.3 is 9.73 Å². The number of nitrogens with zero attached hydrogens (tertiary/aromatic N) is 4. The number of rotatable bonds is 5. The van der Waals surface area contributed by atoms with Gasteiger partial charge >= 0.3 is 0 Å². The van der Waals surface area contributed by atoms with Crippen LogP contribution in [0.25, 0.3) is 16.4 Å². The number of fused-ring (bicyclic) bond motifs is 1. The summed E-state index contributed by atoms with van der Waals surface area (Å²) in [5, 5.41) is 12.0. The summed E-state index contributed by atoms with van der Waals surface area (Å²) in [7, 11) is 0. The van der Waals surface area contributed by atoms with E-state index < -0.39 is 0 Å². The minimum atomic E-state index is -0.198. The van der Waals surface area contributed by atoms with E-state index >= 15 is 0 Å². The highest BCUT2D eigenvalue weighted by atomic mass is 32.1. The minimum Gasteiger partial charge on any atom is -0.462 e. The monoisotopic (exact) mass is 401 g/mol. The number of carbonyl (C=O) groups excluding carboxylic acids is 1. The molecule has 0 atom stereocenters. The lowest BCUT2D eigenvalue weighted by molar-refractivity contribution is 0.103. The van der Waals surface area contributed by atoms with Crippen molar-refractivity contribution in [2.45, 2.75) is 6.42 Å². The van der Waals surface area contributed by atoms with Gasteiger partial charge in [0.05, 0.1) is 12.5 Å². The van der Waals surface area contributed by atoms with Crippen LogP contribution in [0, 0.1) is 0 Å². The van der Waals surface area contributed by atoms with Gasteiger partial charge in [-0.2, -0.15) is 0 Å². The van der Waals surface area contributed by atoms with Gasteiger partial charge in [0.25, 0.3) is 5.91 Å². The first kappa shape index (κ1) is 17.3. The number of aromatic nitrogens is 4. The summed E-state index contributed by atoms with van der Waals surface area (Å²) in [6.07, 6.45) is 5.75. The van der Waals surface area contributed by atoms with Crippen molar-refractivity contribution in [1.29, 1.82) is 0 Å². The molecule has 4 aromatic heterocycles. The molecule has 5 rings (SSSR count). The van der Waals surface area contributed by atoms with Crippen molar-refractivity contribution in [2.24, 2.45) is 0 Å². The van der Waals surface area contributed by atoms with Crippen molar-refractivity contribution in [3.8, 4) is 10.8 Å². The van der Waals surface area contributed by atoms with E-state index in [4.69, 9.17) is 4.42 Å². The number of nitrogens with one attached hydrogen (secondary N) is 1. The Hall–Kier alpha value is -3.78. The van der Waals surface area contributed by atoms with E-state index in [0.717, 1.165) is 22.7 Å². The molecular weight excluding hydrogens is 386 g/mol. The Labute approximate surface area is 169 Å². The molecule has 8 heteroatoms. The van der Waals surface area contributed by atoms with Gasteiger partial charge in [-0.3, -0.25) is 9.20 Å². The van der Waals surface area contributed by atoms with Gasteiger partial charge in [0.1, 0.15) is 10.7 Å². The molecule has 142 valence electrons. The van der Waals surface area contributed by atoms with E-state index in [1.54, 1.807) is 18.5 Å². The first-order chi connectivity index (χ1) is 14.3. The number of carbonyl (C=O) groups is 1. The molecule has 0 radical (unpaired) electrons. The number of hydrogen-bond acceptors (Lipinski definition) is 6. The molecule has 1 aromatic carbocycles. The molecule has 0 saturated carbocycles. The third-order valence-corrected chi connectivity index (χ3v) is 5.43. The average Bonchev–Trinajstić information content (AvgIpc) is 3.50. The molecule has 0 fully saturated rings. The molecule has 0 bridgehead atoms. The molecule has 0 aliphatic carbocycles. The second-order valence-corrected chi connectivity index (χ2v) is 7.41. The Morgan fingerprint density at radius 2 is 1.97 bits per heavy atom. The van der Waals surface area contributed by atoms with Crippen molar-refractivity contribution in [2.75, 3.05) is 5.32 Å². The Balaban J connectivity index is 1.27. The zero-order valence-corrected chi connectivity index (χ0v) is 16.0. The van der Waals surface area contributed by atoms with Crippen LogP contribution in [0.5, 0.6) is 0 Å². The van der Waals surface area contributed by atoms with Crippen LogP contribution in [0.2, 0.25) is 0 Å². The van der Waals surface area contributed by atoms with E-state index in [-0.39, 0.29) is 5.91 Å². The highest BCUT2D eigenvalue weighted by Gasteiger charge is 2.13. The summed E-state index contributed by atoms with van der Waals surface area (Å²) in [4.78, 5) is 17.3. The molecule has 0 spiro atoms. The SMILES string of the molecule is O=C(Nc1ccc(Cc2nnc3ccccn23)cc1)c1cnc(-c2ccco2)s1. The average molecular weight is 401 g/mol. The summed E-state index contributed by atoms with van der Waals surface area (Å²) in [5.41, 5.74) is 2.63. The molecule has 29 heavy (non-hydrogen) atoms. The standard InChI is InChI=1S/C21H15N5O2S/c27-20(17-13-22-21(29-17)16-4-3-11-28-16)23-15-8-6-14(7-9-15)12-19-25-24-18-5-1-2-10-26(18)19/h1-11,13H,12H2,(H,23,27). The third kappa shape index (κ3) is 3.53. The van der Waals surface area contributed by atoms with Gasteiger partial charge in [0.15, 0.2) is 16.4 Å². The summed E-state index contributed by atoms with van der Waals surface area (Å²) in [6, 6.07) is 17.1. The summed E-state index contributed by atoms with van der Waals surface area (Å²) >= 11 is 1.29. The lowest BCUT2D eigenvalue weighted by atomic mass is 10.1. The molecule has 7 nitrogen and oxygen atoms in total. The van der Waals surface area contributed by atoms with Crippen LogP contribution in [0.4, 0.5) is 5.69 Å². The van der Waals surface area contributed by atoms with E-state index in [0.29, 0.717) is 22.1 Å². The number of thiazole rings is 1. The number of amides is 1. The number of pyridine rings is 1. The van der Waals surface area contributed by atoms with Crippen LogP contribution in [0.3, 0.4) is 0 Å². The zero-order chi connectivity index (χ0) is 19.6. The maximum absolute atomic E-state index is 12.5. The second kappa shape index (κ2) is 7.33. The molecule has 1 N–H and O–H groups in total. The normalized spacial score (nSPS) is 11.0. The number of benzene rings is 1. The van der Waals surface area contributed by atoms with E-state index in [1.165, 1.54) is 11.3 Å². The van der Waals surface area contributed by atoms with Crippen molar-refractivity contribution in [1.82, 2.24) is 19.6 Å². The molecule has 0 aliphatic heterocycles. The van der Waals surface area contributed by atoms with Crippen molar-refractivity contribution < 1.29 is 9.21 Å². The van der Waals surface area contributed by atoms with Gasteiger partial charge in [-0.05, 0) is 42.0 Å². The third-order valence-electron chi connectivity index (χ3n) is 4.42. The highest BCUT2D eigenvalue weighted by Crippen LogP contribution is 2.26. The number of furan rings is 1. The van der Waals surface area contributed by atoms with Crippen molar-refractivity contribution in [3.05, 3.63) is 89.5 Å². The van der Waals surface area contributed by atoms with Gasteiger partial charge in [0.2, 0.25) is 0 Å². The smallest absolute Gasteiger partial charge is 0.267 e. The predicted molar refractivity (Wildman–Crippen MR) is 110 cm³/mol. The van der Waals surface area contributed by atoms with Crippen LogP contribution < -0.4 is 5.32 Å². The molecule has 0 saturated heterocycles. The summed E-state index contributed by atoms with van der Waals surface area (Å²) in [5.74, 6) is 1.32. The molecule has 0 unspecified atom stereocenters. The lowest BCUT2D eigenvalue weighted by Gasteiger charge is -2.05. The fourth-order valence-electron chi connectivity index (χ4n) is 2.99. The van der Waals surface area contributed by atoms with Crippen LogP contribution >= 0.6 is 11.3 Å². The lowest BCUT2D eigenvalue weighted by Crippen LogP contribution is -2.10. The summed E-state index contributed by atoms with van der Waals surface area (Å²) in [6.45, 7) is 0. The van der Waals surface area contributed by atoms with Crippen LogP contribution in [-0.2, 0) is 6.42 Å². The first-order valence-corrected chi connectivity index (χ1v) is 9.76. The van der Waals surface area contributed by atoms with Gasteiger partial charge in [0, 0.05) is 18.3 Å². The first-order valence-electron chi connectivity index (χ1n) is 8.95. The number of hydrogen-bond donors (Lipinski definition) is 1. The molecule has 5 aromatic rings. The molecule has 1 amide bonds. The predicted octanol–water partition coefficient (Wildman–Crippen LogP) is 4.29. The van der Waals surface area contributed by atoms with Crippen molar-refractivity contribution in [3.63, 3.8) is 0 Å². The Kier molecular flexibility index (Phi) is 4.38. The van der Waals surface area contributed by atoms with Gasteiger partial charge in [-0.25, -0.2) is 4.98 Å². The highest BCUT2D eigenvalue weighted by molar-refractivity contribution is 7.17. The zero-order valence-electron chi connectivity index (χ0n) is 15.1. The fourth-order valence-corrected chi connectivity index (χ4v) is 3.77. The van der Waals surface area contributed by atoms with E-state index in [9.17, 15) is 4.79 Å². The largest absolute Gasteiger partial charge is 0.462 e. The fraction of sp³-hybridized carbons (Fsp3) is 0.0476. The maximum atomic E-state index is 12.5. The van der Waals surface area contributed by atoms with E-state index in [2.05, 4.69) is 20.5 Å². The van der Waals surface area contributed by atoms with Gasteiger partial charge in [-0.15, -0.1) is 21.5 Å². The molecular formula is C21H15N5O2S. The summed E-state index contributed by atoms with van der Waals surface area (Å²) < 4.78 is 7.29. The molecule has 0 aliphatic rings. The Bertz CT molecular complexity index is 1270. The van der Waals surface area contributed by atoms with Crippen LogP contribution in [0.15, 0.2) is 77.7 Å². The van der Waals surface area contributed by atoms with Crippen LogP contribution in [0.1, 0.15) is 21.1 Å². The van der Waals surface area contributed by atoms with E-state index in [1.807, 2.05) is 59.1 Å². The van der Waals surface area contributed by atoms with Gasteiger partial charge in [-0.1, -0.05) is 18.2 Å². The van der Waals surface area contributed by atoms with Crippen LogP contribution in [-0.4, -0.2) is 25.5 Å². The maximum Gasteiger partial charge on any atom is 0.267 e. The molecule has 4 heterocycles. The second-order valence-electron chi connectivity index (χ2n) is 6.38. The van der Waals surface area contributed by atoms with Crippen molar-refractivity contribution >= 4 is 28.6 Å².